The molecule has 3 aromatic rings. The minimum atomic E-state index is -0.237. The van der Waals surface area contributed by atoms with E-state index in [1.54, 1.807) is 35.0 Å². The number of nitrogens with zero attached hydrogens (tertiary/aromatic N) is 5. The Morgan fingerprint density at radius 1 is 1.17 bits per heavy atom. The molecule has 7 nitrogen and oxygen atoms in total. The minimum Gasteiger partial charge on any atom is -0.508 e. The molecule has 4 rings (SSSR count). The molecular formula is C21H21N5O2S. The molecule has 0 saturated heterocycles. The number of benzene rings is 2. The topological polar surface area (TPSA) is 84.1 Å². The summed E-state index contributed by atoms with van der Waals surface area (Å²) in [6, 6.07) is 14.8. The number of phenolic OH excluding ortho intramolecular Hbond substituents is 1. The molecule has 0 atom stereocenters. The van der Waals surface area contributed by atoms with Crippen LogP contribution in [0.25, 0.3) is 5.69 Å². The third-order valence-corrected chi connectivity index (χ3v) is 6.06. The number of para-hydroxylation sites is 1. The molecule has 1 aromatic heterocycles. The summed E-state index contributed by atoms with van der Waals surface area (Å²) in [5, 5.41) is 21.7. The summed E-state index contributed by atoms with van der Waals surface area (Å²) >= 11 is 1.28. The zero-order chi connectivity index (χ0) is 20.6. The summed E-state index contributed by atoms with van der Waals surface area (Å²) in [5.41, 5.74) is 3.79. The molecule has 148 valence electrons. The average molecular weight is 407 g/mol. The molecule has 0 unspecified atom stereocenters. The quantitative estimate of drug-likeness (QED) is 0.513. The zero-order valence-corrected chi connectivity index (χ0v) is 17.2. The van der Waals surface area contributed by atoms with Gasteiger partial charge < -0.3 is 10.0 Å². The molecule has 29 heavy (non-hydrogen) atoms. The minimum absolute atomic E-state index is 0.00186. The molecule has 1 aliphatic heterocycles. The summed E-state index contributed by atoms with van der Waals surface area (Å²) in [7, 11) is 1.99. The molecular weight excluding hydrogens is 386 g/mol. The van der Waals surface area contributed by atoms with Crippen molar-refractivity contribution < 1.29 is 9.90 Å². The van der Waals surface area contributed by atoms with Gasteiger partial charge in [-0.05, 0) is 46.3 Å². The van der Waals surface area contributed by atoms with Crippen LogP contribution >= 0.6 is 11.8 Å². The number of fused-ring (bicyclic) bond motifs is 1. The van der Waals surface area contributed by atoms with Crippen molar-refractivity contribution in [3.63, 3.8) is 0 Å². The highest BCUT2D eigenvalue weighted by atomic mass is 32.2. The van der Waals surface area contributed by atoms with Gasteiger partial charge in [0.25, 0.3) is 0 Å². The molecule has 1 aliphatic rings. The lowest BCUT2D eigenvalue weighted by atomic mass is 9.83. The summed E-state index contributed by atoms with van der Waals surface area (Å²) in [6.45, 7) is 4.26. The van der Waals surface area contributed by atoms with E-state index in [0.29, 0.717) is 10.8 Å². The van der Waals surface area contributed by atoms with Crippen LogP contribution in [0.5, 0.6) is 5.75 Å². The SMILES string of the molecule is CN1C(=CC(=O)CSc2nnnn2-c2ccc(O)cc2)C(C)(C)c2ccccc21. The first-order valence-corrected chi connectivity index (χ1v) is 10.2. The van der Waals surface area contributed by atoms with E-state index in [-0.39, 0.29) is 22.7 Å². The third-order valence-electron chi connectivity index (χ3n) is 5.12. The Labute approximate surface area is 173 Å². The monoisotopic (exact) mass is 407 g/mol. The number of thioether (sulfide) groups is 1. The Hall–Kier alpha value is -3.13. The van der Waals surface area contributed by atoms with Crippen molar-refractivity contribution in [2.75, 3.05) is 17.7 Å². The molecule has 0 bridgehead atoms. The van der Waals surface area contributed by atoms with Crippen molar-refractivity contribution in [2.45, 2.75) is 24.4 Å². The summed E-state index contributed by atoms with van der Waals surface area (Å²) in [5.74, 6) is 0.391. The fourth-order valence-corrected chi connectivity index (χ4v) is 4.33. The van der Waals surface area contributed by atoms with E-state index < -0.39 is 0 Å². The number of aromatic nitrogens is 4. The summed E-state index contributed by atoms with van der Waals surface area (Å²) < 4.78 is 1.55. The van der Waals surface area contributed by atoms with Gasteiger partial charge in [0.2, 0.25) is 5.16 Å². The molecule has 0 radical (unpaired) electrons. The Morgan fingerprint density at radius 2 is 1.90 bits per heavy atom. The van der Waals surface area contributed by atoms with Gasteiger partial charge in [0.05, 0.1) is 11.4 Å². The number of allylic oxidation sites excluding steroid dienone is 2. The number of rotatable bonds is 5. The van der Waals surface area contributed by atoms with Gasteiger partial charge in [0, 0.05) is 29.9 Å². The number of carbonyl (C=O) groups excluding carboxylic acids is 1. The van der Waals surface area contributed by atoms with Crippen molar-refractivity contribution in [1.29, 1.82) is 0 Å². The number of hydrogen-bond donors (Lipinski definition) is 1. The van der Waals surface area contributed by atoms with E-state index in [9.17, 15) is 9.90 Å². The van der Waals surface area contributed by atoms with Crippen LogP contribution in [0.4, 0.5) is 5.69 Å². The second-order valence-electron chi connectivity index (χ2n) is 7.38. The maximum atomic E-state index is 12.7. The number of anilines is 1. The van der Waals surface area contributed by atoms with E-state index in [1.807, 2.05) is 19.2 Å². The van der Waals surface area contributed by atoms with Gasteiger partial charge in [-0.15, -0.1) is 5.10 Å². The van der Waals surface area contributed by atoms with Crippen LogP contribution < -0.4 is 4.90 Å². The Balaban J connectivity index is 1.51. The predicted molar refractivity (Wildman–Crippen MR) is 113 cm³/mol. The van der Waals surface area contributed by atoms with Gasteiger partial charge >= 0.3 is 0 Å². The highest BCUT2D eigenvalue weighted by Gasteiger charge is 2.38. The zero-order valence-electron chi connectivity index (χ0n) is 16.4. The van der Waals surface area contributed by atoms with Crippen LogP contribution in [-0.4, -0.2) is 43.9 Å². The second-order valence-corrected chi connectivity index (χ2v) is 8.32. The van der Waals surface area contributed by atoms with Crippen molar-refractivity contribution >= 4 is 23.2 Å². The number of carbonyl (C=O) groups is 1. The van der Waals surface area contributed by atoms with Gasteiger partial charge in [0.15, 0.2) is 5.78 Å². The normalized spacial score (nSPS) is 16.2. The molecule has 0 amide bonds. The third kappa shape index (κ3) is 3.51. The molecule has 0 aliphatic carbocycles. The number of ketones is 1. The Kier molecular flexibility index (Phi) is 4.87. The van der Waals surface area contributed by atoms with Crippen molar-refractivity contribution in [3.8, 4) is 11.4 Å². The first kappa shape index (κ1) is 19.2. The molecule has 8 heteroatoms. The average Bonchev–Trinajstić information content (AvgIpc) is 3.25. The first-order valence-electron chi connectivity index (χ1n) is 9.17. The maximum Gasteiger partial charge on any atom is 0.214 e. The lowest BCUT2D eigenvalue weighted by Crippen LogP contribution is -2.24. The lowest BCUT2D eigenvalue weighted by molar-refractivity contribution is -0.112. The molecule has 1 N–H and O–H groups in total. The van der Waals surface area contributed by atoms with Crippen LogP contribution in [0.1, 0.15) is 19.4 Å². The smallest absolute Gasteiger partial charge is 0.214 e. The molecule has 2 aromatic carbocycles. The van der Waals surface area contributed by atoms with Crippen LogP contribution in [0.2, 0.25) is 0 Å². The van der Waals surface area contributed by atoms with Crippen LogP contribution in [0.15, 0.2) is 65.5 Å². The van der Waals surface area contributed by atoms with E-state index in [4.69, 9.17) is 0 Å². The van der Waals surface area contributed by atoms with Crippen molar-refractivity contribution in [2.24, 2.45) is 0 Å². The van der Waals surface area contributed by atoms with Crippen LogP contribution in [0, 0.1) is 0 Å². The van der Waals surface area contributed by atoms with Crippen molar-refractivity contribution in [3.05, 3.63) is 65.9 Å². The Morgan fingerprint density at radius 3 is 2.62 bits per heavy atom. The number of aromatic hydroxyl groups is 1. The summed E-state index contributed by atoms with van der Waals surface area (Å²) in [6.07, 6.45) is 1.72. The number of hydrogen-bond acceptors (Lipinski definition) is 7. The molecule has 0 fully saturated rings. The number of phenols is 1. The summed E-state index contributed by atoms with van der Waals surface area (Å²) in [4.78, 5) is 14.8. The van der Waals surface area contributed by atoms with Gasteiger partial charge in [-0.1, -0.05) is 43.8 Å². The molecule has 0 spiro atoms. The number of likely N-dealkylation sites (N-methyl/N-ethyl adjacent to an activating group) is 1. The molecule has 2 heterocycles. The van der Waals surface area contributed by atoms with Gasteiger partial charge in [-0.25, -0.2) is 0 Å². The van der Waals surface area contributed by atoms with Crippen LogP contribution in [0.3, 0.4) is 0 Å². The van der Waals surface area contributed by atoms with E-state index in [1.165, 1.54) is 17.3 Å². The first-order chi connectivity index (χ1) is 13.9. The standard InChI is InChI=1S/C21H21N5O2S/c1-21(2)17-6-4-5-7-18(17)25(3)19(21)12-16(28)13-29-20-22-23-24-26(20)14-8-10-15(27)11-9-14/h4-12,27H,13H2,1-3H3. The lowest BCUT2D eigenvalue weighted by Gasteiger charge is -2.23. The second kappa shape index (κ2) is 7.36. The van der Waals surface area contributed by atoms with Crippen LogP contribution in [-0.2, 0) is 10.2 Å². The van der Waals surface area contributed by atoms with Gasteiger partial charge in [-0.2, -0.15) is 4.68 Å². The predicted octanol–water partition coefficient (Wildman–Crippen LogP) is 3.34. The highest BCUT2D eigenvalue weighted by molar-refractivity contribution is 7.99. The fourth-order valence-electron chi connectivity index (χ4n) is 3.61. The largest absolute Gasteiger partial charge is 0.508 e. The highest BCUT2D eigenvalue weighted by Crippen LogP contribution is 2.46. The Bertz CT molecular complexity index is 1090. The van der Waals surface area contributed by atoms with Crippen molar-refractivity contribution in [1.82, 2.24) is 20.2 Å². The maximum absolute atomic E-state index is 12.7. The van der Waals surface area contributed by atoms with E-state index >= 15 is 0 Å². The number of tetrazole rings is 1. The van der Waals surface area contributed by atoms with Gasteiger partial charge in [0.1, 0.15) is 5.75 Å². The van der Waals surface area contributed by atoms with Gasteiger partial charge in [-0.3, -0.25) is 4.79 Å². The van der Waals surface area contributed by atoms with E-state index in [2.05, 4.69) is 46.4 Å². The fraction of sp³-hybridized carbons (Fsp3) is 0.238. The molecule has 0 saturated carbocycles. The van der Waals surface area contributed by atoms with E-state index in [0.717, 1.165) is 11.4 Å².